The Morgan fingerprint density at radius 3 is 1.70 bits per heavy atom. The first kappa shape index (κ1) is 38.8. The number of ether oxygens (including phenoxy) is 6. The van der Waals surface area contributed by atoms with Crippen LogP contribution in [0.3, 0.4) is 0 Å². The minimum Gasteiger partial charge on any atom is -0.463 e. The molecule has 0 aliphatic carbocycles. The number of nitrogens with one attached hydrogen (secondary N) is 1. The summed E-state index contributed by atoms with van der Waals surface area (Å²) in [6.07, 6.45) is 0.114. The van der Waals surface area contributed by atoms with E-state index in [2.05, 4.69) is 12.2 Å². The predicted molar refractivity (Wildman–Crippen MR) is 157 cm³/mol. The van der Waals surface area contributed by atoms with Gasteiger partial charge in [0, 0.05) is 27.7 Å². The van der Waals surface area contributed by atoms with Crippen LogP contribution in [0, 0.1) is 0 Å². The summed E-state index contributed by atoms with van der Waals surface area (Å²) in [5.74, 6) is -3.78. The number of alkyl carbamates (subject to hydrolysis) is 1. The molecule has 1 unspecified atom stereocenters. The van der Waals surface area contributed by atoms with Crippen molar-refractivity contribution in [1.29, 1.82) is 0 Å². The molecule has 1 amide bonds. The number of rotatable bonds is 17. The molecule has 0 aromatic carbocycles. The van der Waals surface area contributed by atoms with E-state index >= 15 is 0 Å². The second-order valence-corrected chi connectivity index (χ2v) is 12.0. The van der Waals surface area contributed by atoms with Gasteiger partial charge in [0.25, 0.3) is 0 Å². The average Bonchev–Trinajstić information content (AvgIpc) is 2.88. The van der Waals surface area contributed by atoms with Gasteiger partial charge in [0.15, 0.2) is 30.2 Å². The molecule has 0 aromatic heterocycles. The SMILES string of the molecule is CCCCCCCCCCC(NC(=O)OC(C)(C)C)C(=O)[C@@H]1O[C@H](COC(C)=O)[C@@H](OC(C)=O)[C@H](OC(C)=O)[C@H]1OC(C)=O. The summed E-state index contributed by atoms with van der Waals surface area (Å²) in [6.45, 7) is 11.2. The first-order valence-corrected chi connectivity index (χ1v) is 15.4. The lowest BCUT2D eigenvalue weighted by Gasteiger charge is -2.44. The van der Waals surface area contributed by atoms with Gasteiger partial charge in [0.1, 0.15) is 18.3 Å². The fourth-order valence-electron chi connectivity index (χ4n) is 4.87. The van der Waals surface area contributed by atoms with Gasteiger partial charge in [-0.2, -0.15) is 0 Å². The van der Waals surface area contributed by atoms with Gasteiger partial charge in [-0.15, -0.1) is 0 Å². The van der Waals surface area contributed by atoms with Gasteiger partial charge in [-0.3, -0.25) is 24.0 Å². The van der Waals surface area contributed by atoms with E-state index < -0.39 is 84.5 Å². The molecule has 6 atom stereocenters. The fraction of sp³-hybridized carbons (Fsp3) is 0.806. The molecule has 13 heteroatoms. The van der Waals surface area contributed by atoms with E-state index in [0.717, 1.165) is 59.8 Å². The van der Waals surface area contributed by atoms with Crippen molar-refractivity contribution < 1.29 is 57.2 Å². The monoisotopic (exact) mass is 629 g/mol. The lowest BCUT2D eigenvalue weighted by Crippen LogP contribution is -2.66. The number of amides is 1. The lowest BCUT2D eigenvalue weighted by molar-refractivity contribution is -0.249. The quantitative estimate of drug-likeness (QED) is 0.139. The molecule has 13 nitrogen and oxygen atoms in total. The first-order valence-electron chi connectivity index (χ1n) is 15.4. The van der Waals surface area contributed by atoms with Crippen LogP contribution in [0.25, 0.3) is 0 Å². The minimum absolute atomic E-state index is 0.222. The zero-order chi connectivity index (χ0) is 33.4. The van der Waals surface area contributed by atoms with Crippen molar-refractivity contribution in [3.8, 4) is 0 Å². The maximum absolute atomic E-state index is 14.1. The molecule has 44 heavy (non-hydrogen) atoms. The van der Waals surface area contributed by atoms with Gasteiger partial charge < -0.3 is 33.7 Å². The summed E-state index contributed by atoms with van der Waals surface area (Å²) in [7, 11) is 0. The molecule has 0 radical (unpaired) electrons. The molecule has 252 valence electrons. The number of ketones is 1. The molecule has 0 aromatic rings. The largest absolute Gasteiger partial charge is 0.463 e. The molecule has 0 spiro atoms. The van der Waals surface area contributed by atoms with Crippen molar-refractivity contribution in [3.63, 3.8) is 0 Å². The number of carbonyl (C=O) groups is 6. The van der Waals surface area contributed by atoms with Crippen molar-refractivity contribution in [2.24, 2.45) is 0 Å². The molecule has 0 saturated carbocycles. The maximum atomic E-state index is 14.1. The Morgan fingerprint density at radius 1 is 0.705 bits per heavy atom. The Bertz CT molecular complexity index is 975. The maximum Gasteiger partial charge on any atom is 0.408 e. The van der Waals surface area contributed by atoms with Crippen molar-refractivity contribution >= 4 is 35.8 Å². The third kappa shape index (κ3) is 15.0. The van der Waals surface area contributed by atoms with Crippen LogP contribution in [-0.4, -0.2) is 84.5 Å². The molecule has 1 fully saturated rings. The van der Waals surface area contributed by atoms with E-state index in [1.54, 1.807) is 20.8 Å². The van der Waals surface area contributed by atoms with E-state index in [0.29, 0.717) is 6.42 Å². The van der Waals surface area contributed by atoms with Crippen LogP contribution >= 0.6 is 0 Å². The lowest BCUT2D eigenvalue weighted by atomic mass is 9.88. The summed E-state index contributed by atoms with van der Waals surface area (Å²) in [5, 5.41) is 2.62. The van der Waals surface area contributed by atoms with Gasteiger partial charge >= 0.3 is 30.0 Å². The summed E-state index contributed by atoms with van der Waals surface area (Å²) < 4.78 is 32.8. The molecule has 1 aliphatic rings. The normalized spacial score (nSPS) is 22.2. The highest BCUT2D eigenvalue weighted by Crippen LogP contribution is 2.31. The van der Waals surface area contributed by atoms with Crippen LogP contribution < -0.4 is 5.32 Å². The second kappa shape index (κ2) is 19.2. The fourth-order valence-corrected chi connectivity index (χ4v) is 4.87. The number of esters is 4. The van der Waals surface area contributed by atoms with Gasteiger partial charge in [-0.05, 0) is 27.2 Å². The van der Waals surface area contributed by atoms with Crippen LogP contribution in [-0.2, 0) is 52.4 Å². The standard InChI is InChI=1S/C31H51NO12/c1-9-10-11-12-13-14-15-16-17-23(32-30(38)44-31(6,7)8)25(37)27-29(42-22(5)36)28(41-21(4)35)26(40-20(3)34)24(43-27)18-39-19(2)33/h23-24,26-29H,9-18H2,1-8H3,(H,32,38)/t23?,24-,26-,27+,28+,29+/m1/s1. The van der Waals surface area contributed by atoms with Crippen molar-refractivity contribution in [2.45, 2.75) is 155 Å². The smallest absolute Gasteiger partial charge is 0.408 e. The van der Waals surface area contributed by atoms with Gasteiger partial charge in [0.05, 0.1) is 6.04 Å². The summed E-state index contributed by atoms with van der Waals surface area (Å²) >= 11 is 0. The van der Waals surface area contributed by atoms with E-state index in [-0.39, 0.29) is 6.42 Å². The van der Waals surface area contributed by atoms with E-state index in [9.17, 15) is 28.8 Å². The molecular formula is C31H51NO12. The Kier molecular flexibility index (Phi) is 17.0. The zero-order valence-electron chi connectivity index (χ0n) is 27.4. The average molecular weight is 630 g/mol. The van der Waals surface area contributed by atoms with Crippen LogP contribution in [0.4, 0.5) is 4.79 Å². The Labute approximate surface area is 260 Å². The van der Waals surface area contributed by atoms with Crippen LogP contribution in [0.5, 0.6) is 0 Å². The Balaban J connectivity index is 3.39. The molecule has 1 heterocycles. The van der Waals surface area contributed by atoms with Crippen molar-refractivity contribution in [1.82, 2.24) is 5.32 Å². The summed E-state index contributed by atoms with van der Waals surface area (Å²) in [4.78, 5) is 74.8. The van der Waals surface area contributed by atoms with E-state index in [1.807, 2.05) is 0 Å². The summed E-state index contributed by atoms with van der Waals surface area (Å²) in [5.41, 5.74) is -0.843. The van der Waals surface area contributed by atoms with Gasteiger partial charge in [-0.25, -0.2) is 4.79 Å². The Morgan fingerprint density at radius 2 is 1.20 bits per heavy atom. The Hall–Kier alpha value is -3.22. The number of hydrogen-bond acceptors (Lipinski definition) is 12. The molecule has 1 aliphatic heterocycles. The van der Waals surface area contributed by atoms with Crippen LogP contribution in [0.1, 0.15) is 113 Å². The van der Waals surface area contributed by atoms with Crippen LogP contribution in [0.15, 0.2) is 0 Å². The molecule has 1 saturated heterocycles. The van der Waals surface area contributed by atoms with Crippen LogP contribution in [0.2, 0.25) is 0 Å². The number of Topliss-reactive ketones (excluding diaryl/α,β-unsaturated/α-hetero) is 1. The topological polar surface area (TPSA) is 170 Å². The molecule has 1 N–H and O–H groups in total. The minimum atomic E-state index is -1.59. The van der Waals surface area contributed by atoms with E-state index in [4.69, 9.17) is 28.4 Å². The predicted octanol–water partition coefficient (Wildman–Crippen LogP) is 4.11. The zero-order valence-corrected chi connectivity index (χ0v) is 27.4. The highest BCUT2D eigenvalue weighted by molar-refractivity contribution is 5.92. The number of carbonyl (C=O) groups excluding carboxylic acids is 6. The highest BCUT2D eigenvalue weighted by Gasteiger charge is 2.55. The molecular weight excluding hydrogens is 578 g/mol. The van der Waals surface area contributed by atoms with Gasteiger partial charge in [-0.1, -0.05) is 58.3 Å². The van der Waals surface area contributed by atoms with Gasteiger partial charge in [0.2, 0.25) is 0 Å². The third-order valence-electron chi connectivity index (χ3n) is 6.65. The third-order valence-corrected chi connectivity index (χ3v) is 6.65. The first-order chi connectivity index (χ1) is 20.5. The highest BCUT2D eigenvalue weighted by atomic mass is 16.7. The van der Waals surface area contributed by atoms with E-state index in [1.165, 1.54) is 12.8 Å². The number of hydrogen-bond donors (Lipinski definition) is 1. The molecule has 1 rings (SSSR count). The van der Waals surface area contributed by atoms with Crippen molar-refractivity contribution in [3.05, 3.63) is 0 Å². The molecule has 0 bridgehead atoms. The number of unbranched alkanes of at least 4 members (excludes halogenated alkanes) is 7. The second-order valence-electron chi connectivity index (χ2n) is 12.0. The summed E-state index contributed by atoms with van der Waals surface area (Å²) in [6, 6.07) is -1.13. The van der Waals surface area contributed by atoms with Crippen molar-refractivity contribution in [2.75, 3.05) is 6.61 Å².